The molecule has 0 aliphatic carbocycles. The normalized spacial score (nSPS) is 13.1. The van der Waals surface area contributed by atoms with Crippen LogP contribution in [0.15, 0.2) is 22.7 Å². The van der Waals surface area contributed by atoms with Crippen molar-refractivity contribution in [1.82, 2.24) is 0 Å². The fourth-order valence-corrected chi connectivity index (χ4v) is 2.21. The minimum absolute atomic E-state index is 0.107. The molecule has 0 fully saturated rings. The summed E-state index contributed by atoms with van der Waals surface area (Å²) >= 11 is 3.22. The fourth-order valence-electron chi connectivity index (χ4n) is 1.75. The van der Waals surface area contributed by atoms with Gasteiger partial charge in [-0.1, -0.05) is 28.1 Å². The van der Waals surface area contributed by atoms with Crippen molar-refractivity contribution < 1.29 is 14.6 Å². The summed E-state index contributed by atoms with van der Waals surface area (Å²) in [5, 5.41) is 12.3. The van der Waals surface area contributed by atoms with Gasteiger partial charge in [0.2, 0.25) is 0 Å². The summed E-state index contributed by atoms with van der Waals surface area (Å²) < 4.78 is 0.599. The molecule has 0 radical (unpaired) electrons. The molecule has 1 aromatic rings. The maximum Gasteiger partial charge on any atom is 0.329 e. The minimum atomic E-state index is -0.520. The molecule has 1 aliphatic heterocycles. The Kier molecular flexibility index (Phi) is 3.33. The number of anilines is 1. The van der Waals surface area contributed by atoms with E-state index in [0.717, 1.165) is 0 Å². The van der Waals surface area contributed by atoms with Crippen molar-refractivity contribution in [1.29, 1.82) is 0 Å². The summed E-state index contributed by atoms with van der Waals surface area (Å²) in [5.41, 5.74) is 0.814. The van der Waals surface area contributed by atoms with E-state index < -0.39 is 10.9 Å². The average molecular weight is 313 g/mol. The van der Waals surface area contributed by atoms with E-state index in [2.05, 4.69) is 15.9 Å². The number of nitro benzene ring substituents is 1. The fraction of sp³-hybridized carbons (Fsp3) is 0.182. The Hall–Kier alpha value is -1.89. The van der Waals surface area contributed by atoms with E-state index in [4.69, 9.17) is 4.84 Å². The molecule has 0 saturated carbocycles. The van der Waals surface area contributed by atoms with Crippen molar-refractivity contribution in [3.05, 3.63) is 38.4 Å². The predicted octanol–water partition coefficient (Wildman–Crippen LogP) is 2.67. The lowest BCUT2D eigenvalue weighted by Gasteiger charge is -2.25. The number of hydrogen-bond acceptors (Lipinski definition) is 5. The highest BCUT2D eigenvalue weighted by Crippen LogP contribution is 2.38. The second-order valence-electron chi connectivity index (χ2n) is 3.67. The predicted molar refractivity (Wildman–Crippen MR) is 68.9 cm³/mol. The highest BCUT2D eigenvalue weighted by molar-refractivity contribution is 9.10. The van der Waals surface area contributed by atoms with Crippen LogP contribution in [0.1, 0.15) is 12.5 Å². The molecule has 0 amide bonds. The molecular formula is C11H9BrN2O4. The minimum Gasteiger partial charge on any atom is -0.341 e. The number of benzene rings is 1. The first-order valence-electron chi connectivity index (χ1n) is 5.09. The van der Waals surface area contributed by atoms with Crippen LogP contribution in [0, 0.1) is 10.1 Å². The van der Waals surface area contributed by atoms with Crippen molar-refractivity contribution in [2.75, 3.05) is 11.6 Å². The first-order valence-corrected chi connectivity index (χ1v) is 5.89. The lowest BCUT2D eigenvalue weighted by molar-refractivity contribution is -0.384. The third kappa shape index (κ3) is 2.35. The van der Waals surface area contributed by atoms with Gasteiger partial charge in [-0.3, -0.25) is 14.9 Å². The molecule has 6 nitrogen and oxygen atoms in total. The van der Waals surface area contributed by atoms with Crippen LogP contribution in [-0.2, 0) is 9.63 Å². The molecule has 0 unspecified atom stereocenters. The zero-order valence-corrected chi connectivity index (χ0v) is 11.0. The summed E-state index contributed by atoms with van der Waals surface area (Å²) in [6.07, 6.45) is 3.52. The van der Waals surface area contributed by atoms with Crippen molar-refractivity contribution >= 4 is 39.4 Å². The van der Waals surface area contributed by atoms with Crippen LogP contribution in [0.2, 0.25) is 0 Å². The van der Waals surface area contributed by atoms with Gasteiger partial charge in [0.15, 0.2) is 5.69 Å². The third-order valence-corrected chi connectivity index (χ3v) is 2.80. The third-order valence-electron chi connectivity index (χ3n) is 2.34. The van der Waals surface area contributed by atoms with E-state index >= 15 is 0 Å². The molecule has 2 rings (SSSR count). The van der Waals surface area contributed by atoms with Crippen molar-refractivity contribution in [3.8, 4) is 0 Å². The van der Waals surface area contributed by atoms with E-state index in [0.29, 0.717) is 15.7 Å². The highest BCUT2D eigenvalue weighted by atomic mass is 79.9. The van der Waals surface area contributed by atoms with Crippen molar-refractivity contribution in [3.63, 3.8) is 0 Å². The van der Waals surface area contributed by atoms with E-state index in [-0.39, 0.29) is 12.2 Å². The summed E-state index contributed by atoms with van der Waals surface area (Å²) in [7, 11) is 0. The monoisotopic (exact) mass is 312 g/mol. The first-order chi connectivity index (χ1) is 8.49. The van der Waals surface area contributed by atoms with Gasteiger partial charge in [0.1, 0.15) is 0 Å². The molecular weight excluding hydrogens is 304 g/mol. The molecule has 1 aliphatic rings. The molecule has 0 saturated heterocycles. The number of halogens is 1. The van der Waals surface area contributed by atoms with Gasteiger partial charge in [-0.25, -0.2) is 0 Å². The summed E-state index contributed by atoms with van der Waals surface area (Å²) in [6.45, 7) is 1.54. The van der Waals surface area contributed by atoms with E-state index in [1.165, 1.54) is 18.1 Å². The molecule has 0 spiro atoms. The zero-order valence-electron chi connectivity index (χ0n) is 9.42. The Morgan fingerprint density at radius 1 is 1.56 bits per heavy atom. The number of hydrogen-bond donors (Lipinski definition) is 0. The lowest BCUT2D eigenvalue weighted by atomic mass is 10.1. The summed E-state index contributed by atoms with van der Waals surface area (Å²) in [5.74, 6) is -0.520. The number of carbonyl (C=O) groups is 1. The Labute approximate surface area is 111 Å². The van der Waals surface area contributed by atoms with Gasteiger partial charge in [-0.05, 0) is 6.07 Å². The Bertz CT molecular complexity index is 556. The largest absolute Gasteiger partial charge is 0.341 e. The first kappa shape index (κ1) is 12.6. The molecule has 1 aromatic carbocycles. The van der Waals surface area contributed by atoms with Gasteiger partial charge >= 0.3 is 5.97 Å². The van der Waals surface area contributed by atoms with Gasteiger partial charge in [0, 0.05) is 23.0 Å². The van der Waals surface area contributed by atoms with Gasteiger partial charge in [-0.2, -0.15) is 5.06 Å². The SMILES string of the molecule is CC(=O)ON1CC=Cc2cc(Br)cc([N+](=O)[O-])c21. The molecule has 0 N–H and O–H groups in total. The average Bonchev–Trinajstić information content (AvgIpc) is 2.26. The van der Waals surface area contributed by atoms with Crippen molar-refractivity contribution in [2.24, 2.45) is 0 Å². The zero-order chi connectivity index (χ0) is 13.3. The van der Waals surface area contributed by atoms with Gasteiger partial charge in [0.05, 0.1) is 11.5 Å². The number of rotatable bonds is 2. The number of carbonyl (C=O) groups excluding carboxylic acids is 1. The van der Waals surface area contributed by atoms with Gasteiger partial charge in [-0.15, -0.1) is 0 Å². The number of fused-ring (bicyclic) bond motifs is 1. The standard InChI is InChI=1S/C11H9BrN2O4/c1-7(15)18-13-4-2-3-8-5-9(12)6-10(11(8)13)14(16)17/h2-3,5-6H,4H2,1H3. The smallest absolute Gasteiger partial charge is 0.329 e. The molecule has 0 bridgehead atoms. The van der Waals surface area contributed by atoms with Crippen LogP contribution < -0.4 is 5.06 Å². The van der Waals surface area contributed by atoms with E-state index in [1.807, 2.05) is 0 Å². The maximum atomic E-state index is 11.0. The van der Waals surface area contributed by atoms with Crippen LogP contribution in [-0.4, -0.2) is 17.4 Å². The second kappa shape index (κ2) is 4.77. The number of hydroxylamine groups is 1. The Morgan fingerprint density at radius 2 is 2.28 bits per heavy atom. The van der Waals surface area contributed by atoms with Gasteiger partial charge in [0.25, 0.3) is 5.69 Å². The second-order valence-corrected chi connectivity index (χ2v) is 4.58. The molecule has 0 atom stereocenters. The Morgan fingerprint density at radius 3 is 2.89 bits per heavy atom. The van der Waals surface area contributed by atoms with Crippen LogP contribution >= 0.6 is 15.9 Å². The quantitative estimate of drug-likeness (QED) is 0.620. The number of nitrogens with zero attached hydrogens (tertiary/aromatic N) is 2. The van der Waals surface area contributed by atoms with E-state index in [1.54, 1.807) is 18.2 Å². The van der Waals surface area contributed by atoms with Crippen LogP contribution in [0.25, 0.3) is 6.08 Å². The molecule has 94 valence electrons. The van der Waals surface area contributed by atoms with Crippen LogP contribution in [0.4, 0.5) is 11.4 Å². The van der Waals surface area contributed by atoms with Crippen LogP contribution in [0.3, 0.4) is 0 Å². The summed E-state index contributed by atoms with van der Waals surface area (Å²) in [4.78, 5) is 26.5. The number of nitro groups is 1. The molecule has 7 heteroatoms. The summed E-state index contributed by atoms with van der Waals surface area (Å²) in [6, 6.07) is 3.11. The van der Waals surface area contributed by atoms with Gasteiger partial charge < -0.3 is 4.84 Å². The highest BCUT2D eigenvalue weighted by Gasteiger charge is 2.27. The molecule has 0 aromatic heterocycles. The maximum absolute atomic E-state index is 11.0. The molecule has 18 heavy (non-hydrogen) atoms. The molecule has 1 heterocycles. The lowest BCUT2D eigenvalue weighted by Crippen LogP contribution is -2.29. The Balaban J connectivity index is 2.57. The topological polar surface area (TPSA) is 72.7 Å². The van der Waals surface area contributed by atoms with Crippen molar-refractivity contribution in [2.45, 2.75) is 6.92 Å². The van der Waals surface area contributed by atoms with Crippen LogP contribution in [0.5, 0.6) is 0 Å². The van der Waals surface area contributed by atoms with E-state index in [9.17, 15) is 14.9 Å².